The van der Waals surface area contributed by atoms with E-state index in [2.05, 4.69) is 10.6 Å². The van der Waals surface area contributed by atoms with Gasteiger partial charge in [-0.3, -0.25) is 4.57 Å². The van der Waals surface area contributed by atoms with Crippen LogP contribution in [0.3, 0.4) is 0 Å². The van der Waals surface area contributed by atoms with E-state index in [1.165, 1.54) is 35.7 Å². The van der Waals surface area contributed by atoms with Gasteiger partial charge in [0.25, 0.3) is 0 Å². The van der Waals surface area contributed by atoms with Gasteiger partial charge in [-0.05, 0) is 58.7 Å². The number of methoxy groups -OCH3 is 1. The average Bonchev–Trinajstić information content (AvgIpc) is 3.00. The van der Waals surface area contributed by atoms with Gasteiger partial charge in [0, 0.05) is 13.1 Å². The number of hydrogen-bond donors (Lipinski definition) is 0. The van der Waals surface area contributed by atoms with Crippen LogP contribution in [-0.4, -0.2) is 32.6 Å². The van der Waals surface area contributed by atoms with Gasteiger partial charge in [-0.25, -0.2) is 12.9 Å². The van der Waals surface area contributed by atoms with Crippen LogP contribution >= 0.6 is 19.2 Å². The molecule has 1 heterocycles. The number of rotatable bonds is 11. The second-order valence-corrected chi connectivity index (χ2v) is 14.3. The van der Waals surface area contributed by atoms with Crippen molar-refractivity contribution in [2.45, 2.75) is 24.1 Å². The Labute approximate surface area is 259 Å². The lowest BCUT2D eigenvalue weighted by Gasteiger charge is -2.30. The topological polar surface area (TPSA) is 106 Å². The van der Waals surface area contributed by atoms with Crippen molar-refractivity contribution in [2.75, 3.05) is 19.9 Å². The summed E-state index contributed by atoms with van der Waals surface area (Å²) in [6, 6.07) is 26.1. The van der Waals surface area contributed by atoms with Crippen molar-refractivity contribution in [2.24, 2.45) is 0 Å². The molecule has 1 unspecified atom stereocenters. The van der Waals surface area contributed by atoms with Crippen molar-refractivity contribution in [1.82, 2.24) is 4.31 Å². The molecule has 228 valence electrons. The van der Waals surface area contributed by atoms with Crippen molar-refractivity contribution >= 4 is 29.2 Å². The summed E-state index contributed by atoms with van der Waals surface area (Å²) in [5, 5.41) is 8.83. The summed E-state index contributed by atoms with van der Waals surface area (Å²) in [5.41, 5.74) is 2.44. The predicted molar refractivity (Wildman–Crippen MR) is 161 cm³/mol. The van der Waals surface area contributed by atoms with Crippen LogP contribution in [0.2, 0.25) is 5.02 Å². The molecule has 1 aliphatic rings. The summed E-state index contributed by atoms with van der Waals surface area (Å²) < 4.78 is 85.4. The summed E-state index contributed by atoms with van der Waals surface area (Å²) >= 11 is 6.23. The molecule has 0 radical (unpaired) electrons. The average molecular weight is 659 g/mol. The maximum Gasteiger partial charge on any atom is 0.391 e. The molecule has 1 aliphatic heterocycles. The highest BCUT2D eigenvalue weighted by Gasteiger charge is 2.47. The van der Waals surface area contributed by atoms with Crippen LogP contribution in [0.4, 0.5) is 8.78 Å². The number of ether oxygens (including phenoxy) is 1. The van der Waals surface area contributed by atoms with Crippen LogP contribution in [-0.2, 0) is 42.8 Å². The first kappa shape index (κ1) is 31.8. The highest BCUT2D eigenvalue weighted by Crippen LogP contribution is 2.60. The summed E-state index contributed by atoms with van der Waals surface area (Å²) in [6.07, 6.45) is -4.11. The molecule has 13 heteroatoms. The molecule has 1 atom stereocenters. The van der Waals surface area contributed by atoms with Crippen LogP contribution in [0.5, 0.6) is 5.75 Å². The Morgan fingerprint density at radius 1 is 0.977 bits per heavy atom. The Balaban J connectivity index is 1.46. The van der Waals surface area contributed by atoms with Gasteiger partial charge in [-0.2, -0.15) is 18.3 Å². The molecular weight excluding hydrogens is 633 g/mol. The largest absolute Gasteiger partial charge is 0.495 e. The summed E-state index contributed by atoms with van der Waals surface area (Å²) in [4.78, 5) is -0.0692. The fraction of sp³-hybridized carbons (Fsp3) is 0.194. The van der Waals surface area contributed by atoms with E-state index in [1.54, 1.807) is 42.5 Å². The number of nitriles is 1. The molecule has 1 fully saturated rings. The van der Waals surface area contributed by atoms with Gasteiger partial charge in [-0.15, -0.1) is 0 Å². The standard InChI is InChI=1S/C31H26ClF2N2O6PS/c1-40-29-7-2-3-8-30(29)44(38,39)36(20-22-9-12-25(13-10-22)26-6-4-5-23(17-26)19-35)21-24-11-14-27(28(32)18-24)31(33,34)42-43(37)16-15-41-43/h2-14,17-18H,15-16,20-21H2,1H3. The van der Waals surface area contributed by atoms with Crippen molar-refractivity contribution in [3.8, 4) is 22.9 Å². The van der Waals surface area contributed by atoms with Crippen LogP contribution in [0.25, 0.3) is 11.1 Å². The van der Waals surface area contributed by atoms with E-state index >= 15 is 0 Å². The fourth-order valence-electron chi connectivity index (χ4n) is 4.60. The Hall–Kier alpha value is -3.62. The molecule has 4 aromatic carbocycles. The number of halogens is 3. The quantitative estimate of drug-likeness (QED) is 0.153. The lowest BCUT2D eigenvalue weighted by atomic mass is 10.0. The van der Waals surface area contributed by atoms with Gasteiger partial charge in [0.2, 0.25) is 10.0 Å². The molecule has 5 rings (SSSR count). The SMILES string of the molecule is COc1ccccc1S(=O)(=O)N(Cc1ccc(-c2cccc(C#N)c2)cc1)Cc1ccc(C(F)(F)OP2(=O)CCO2)c(Cl)c1. The number of hydrogen-bond acceptors (Lipinski definition) is 7. The second-order valence-electron chi connectivity index (χ2n) is 9.90. The Morgan fingerprint density at radius 3 is 2.30 bits per heavy atom. The van der Waals surface area contributed by atoms with Crippen LogP contribution < -0.4 is 4.74 Å². The minimum Gasteiger partial charge on any atom is -0.495 e. The normalized spacial score (nSPS) is 16.7. The Morgan fingerprint density at radius 2 is 1.66 bits per heavy atom. The third kappa shape index (κ3) is 6.87. The molecular formula is C31H26ClF2N2O6PS. The van der Waals surface area contributed by atoms with Gasteiger partial charge >= 0.3 is 13.7 Å². The lowest BCUT2D eigenvalue weighted by molar-refractivity contribution is -0.194. The lowest BCUT2D eigenvalue weighted by Crippen LogP contribution is -2.30. The number of sulfonamides is 1. The zero-order valence-corrected chi connectivity index (χ0v) is 25.8. The zero-order chi connectivity index (χ0) is 31.5. The van der Waals surface area contributed by atoms with E-state index in [9.17, 15) is 27.0 Å². The summed E-state index contributed by atoms with van der Waals surface area (Å²) in [6.45, 7) is -0.230. The van der Waals surface area contributed by atoms with E-state index in [0.29, 0.717) is 16.7 Å². The van der Waals surface area contributed by atoms with Crippen molar-refractivity contribution in [3.05, 3.63) is 118 Å². The van der Waals surface area contributed by atoms with Gasteiger partial charge in [-0.1, -0.05) is 66.2 Å². The molecule has 0 aromatic heterocycles. The maximum atomic E-state index is 14.8. The van der Waals surface area contributed by atoms with Gasteiger partial charge in [0.05, 0.1) is 42.1 Å². The zero-order valence-electron chi connectivity index (χ0n) is 23.3. The molecule has 0 aliphatic carbocycles. The van der Waals surface area contributed by atoms with E-state index in [-0.39, 0.29) is 36.5 Å². The highest BCUT2D eigenvalue weighted by atomic mass is 35.5. The molecule has 0 amide bonds. The number of benzene rings is 4. The Kier molecular flexibility index (Phi) is 9.23. The smallest absolute Gasteiger partial charge is 0.391 e. The van der Waals surface area contributed by atoms with E-state index < -0.39 is 34.3 Å². The van der Waals surface area contributed by atoms with Gasteiger partial charge in [0.15, 0.2) is 0 Å². The maximum absolute atomic E-state index is 14.8. The number of alkyl halides is 2. The predicted octanol–water partition coefficient (Wildman–Crippen LogP) is 7.57. The summed E-state index contributed by atoms with van der Waals surface area (Å²) in [7, 11) is -6.70. The fourth-order valence-corrected chi connectivity index (χ4v) is 7.56. The molecule has 1 saturated heterocycles. The number of para-hydroxylation sites is 1. The molecule has 4 aromatic rings. The van der Waals surface area contributed by atoms with Crippen molar-refractivity contribution in [1.29, 1.82) is 5.26 Å². The minimum absolute atomic E-state index is 0.0631. The highest BCUT2D eigenvalue weighted by molar-refractivity contribution is 7.89. The van der Waals surface area contributed by atoms with Crippen molar-refractivity contribution in [3.63, 3.8) is 0 Å². The first-order chi connectivity index (χ1) is 20.9. The first-order valence-electron chi connectivity index (χ1n) is 13.3. The monoisotopic (exact) mass is 658 g/mol. The summed E-state index contributed by atoms with van der Waals surface area (Å²) in [5.74, 6) is 0.142. The molecule has 0 N–H and O–H groups in total. The van der Waals surface area contributed by atoms with Crippen LogP contribution in [0.1, 0.15) is 22.3 Å². The van der Waals surface area contributed by atoms with Crippen molar-refractivity contribution < 1.29 is 35.5 Å². The van der Waals surface area contributed by atoms with Gasteiger partial charge in [0.1, 0.15) is 10.6 Å². The van der Waals surface area contributed by atoms with Gasteiger partial charge < -0.3 is 9.26 Å². The number of nitrogens with zero attached hydrogens (tertiary/aromatic N) is 2. The van der Waals surface area contributed by atoms with Crippen LogP contribution in [0, 0.1) is 11.3 Å². The second kappa shape index (κ2) is 12.8. The molecule has 8 nitrogen and oxygen atoms in total. The van der Waals surface area contributed by atoms with E-state index in [0.717, 1.165) is 17.2 Å². The van der Waals surface area contributed by atoms with Crippen LogP contribution in [0.15, 0.2) is 95.9 Å². The third-order valence-corrected chi connectivity index (χ3v) is 10.9. The first-order valence-corrected chi connectivity index (χ1v) is 16.8. The molecule has 0 spiro atoms. The molecule has 0 bridgehead atoms. The van der Waals surface area contributed by atoms with E-state index in [1.807, 2.05) is 18.2 Å². The Bertz CT molecular complexity index is 1870. The molecule has 44 heavy (non-hydrogen) atoms. The third-order valence-electron chi connectivity index (χ3n) is 6.94. The molecule has 0 saturated carbocycles. The van der Waals surface area contributed by atoms with E-state index in [4.69, 9.17) is 20.9 Å². The minimum atomic E-state index is -4.18.